The zero-order chi connectivity index (χ0) is 14.0. The van der Waals surface area contributed by atoms with Gasteiger partial charge in [-0.2, -0.15) is 0 Å². The normalized spacial score (nSPS) is 22.2. The summed E-state index contributed by atoms with van der Waals surface area (Å²) in [7, 11) is 0. The molecule has 1 atom stereocenters. The number of carbonyl (C=O) groups is 1. The van der Waals surface area contributed by atoms with E-state index >= 15 is 0 Å². The summed E-state index contributed by atoms with van der Waals surface area (Å²) < 4.78 is 1.10. The van der Waals surface area contributed by atoms with Crippen molar-refractivity contribution in [2.45, 2.75) is 38.1 Å². The van der Waals surface area contributed by atoms with E-state index in [4.69, 9.17) is 0 Å². The van der Waals surface area contributed by atoms with Crippen LogP contribution in [0.4, 0.5) is 5.13 Å². The number of rotatable bonds is 4. The highest BCUT2D eigenvalue weighted by atomic mass is 32.1. The molecular weight excluding hydrogens is 270 g/mol. The molecule has 0 aliphatic carbocycles. The lowest BCUT2D eigenvalue weighted by atomic mass is 9.91. The van der Waals surface area contributed by atoms with Crippen LogP contribution >= 0.6 is 11.3 Å². The maximum Gasteiger partial charge on any atom is 0.246 e. The third-order valence-electron chi connectivity index (χ3n) is 3.87. The quantitative estimate of drug-likeness (QED) is 0.909. The standard InChI is InChI=1S/C15H19N3OS/c1-2-8-15(9-5-10-16-15)13(19)18-14-17-11-6-3-4-7-12(11)20-14/h3-4,6-7,16H,2,5,8-10H2,1H3,(H,17,18,19). The highest BCUT2D eigenvalue weighted by Crippen LogP contribution is 2.29. The van der Waals surface area contributed by atoms with Gasteiger partial charge >= 0.3 is 0 Å². The molecule has 2 heterocycles. The summed E-state index contributed by atoms with van der Waals surface area (Å²) in [5.74, 6) is 0.0657. The number of anilines is 1. The molecule has 106 valence electrons. The molecule has 5 heteroatoms. The molecule has 1 aromatic carbocycles. The number of fused-ring (bicyclic) bond motifs is 1. The molecule has 0 spiro atoms. The van der Waals surface area contributed by atoms with Crippen LogP contribution in [-0.2, 0) is 4.79 Å². The van der Waals surface area contributed by atoms with Crippen molar-refractivity contribution in [3.63, 3.8) is 0 Å². The second-order valence-electron chi connectivity index (χ2n) is 5.30. The molecule has 0 radical (unpaired) electrons. The Morgan fingerprint density at radius 1 is 1.50 bits per heavy atom. The van der Waals surface area contributed by atoms with Gasteiger partial charge < -0.3 is 10.6 Å². The number of benzene rings is 1. The van der Waals surface area contributed by atoms with E-state index in [9.17, 15) is 4.79 Å². The van der Waals surface area contributed by atoms with Crippen molar-refractivity contribution in [3.8, 4) is 0 Å². The Morgan fingerprint density at radius 3 is 3.05 bits per heavy atom. The molecule has 20 heavy (non-hydrogen) atoms. The minimum absolute atomic E-state index is 0.0657. The number of hydrogen-bond acceptors (Lipinski definition) is 4. The van der Waals surface area contributed by atoms with Crippen LogP contribution in [0.5, 0.6) is 0 Å². The fourth-order valence-corrected chi connectivity index (χ4v) is 3.76. The van der Waals surface area contributed by atoms with Crippen molar-refractivity contribution >= 4 is 32.6 Å². The van der Waals surface area contributed by atoms with E-state index in [1.54, 1.807) is 0 Å². The van der Waals surface area contributed by atoms with E-state index in [0.717, 1.165) is 42.4 Å². The maximum absolute atomic E-state index is 12.6. The Bertz CT molecular complexity index is 583. The van der Waals surface area contributed by atoms with Crippen molar-refractivity contribution in [2.75, 3.05) is 11.9 Å². The van der Waals surface area contributed by atoms with Crippen molar-refractivity contribution in [1.82, 2.24) is 10.3 Å². The largest absolute Gasteiger partial charge is 0.303 e. The number of nitrogens with zero attached hydrogens (tertiary/aromatic N) is 1. The van der Waals surface area contributed by atoms with Crippen molar-refractivity contribution in [3.05, 3.63) is 24.3 Å². The summed E-state index contributed by atoms with van der Waals surface area (Å²) in [5, 5.41) is 7.09. The first-order chi connectivity index (χ1) is 9.73. The van der Waals surface area contributed by atoms with E-state index in [1.165, 1.54) is 11.3 Å². The van der Waals surface area contributed by atoms with Crippen LogP contribution in [0.2, 0.25) is 0 Å². The van der Waals surface area contributed by atoms with Crippen LogP contribution < -0.4 is 10.6 Å². The SMILES string of the molecule is CCCC1(C(=O)Nc2nc3ccccc3s2)CCCN1. The van der Waals surface area contributed by atoms with Gasteiger partial charge in [-0.15, -0.1) is 0 Å². The van der Waals surface area contributed by atoms with Gasteiger partial charge in [-0.05, 0) is 37.9 Å². The zero-order valence-electron chi connectivity index (χ0n) is 11.6. The molecule has 1 amide bonds. The lowest BCUT2D eigenvalue weighted by Gasteiger charge is -2.27. The Morgan fingerprint density at radius 2 is 2.35 bits per heavy atom. The average molecular weight is 289 g/mol. The van der Waals surface area contributed by atoms with E-state index in [2.05, 4.69) is 22.5 Å². The average Bonchev–Trinajstić information content (AvgIpc) is 3.05. The molecule has 0 bridgehead atoms. The van der Waals surface area contributed by atoms with Crippen molar-refractivity contribution in [2.24, 2.45) is 0 Å². The first kappa shape index (κ1) is 13.5. The van der Waals surface area contributed by atoms with Crippen LogP contribution in [-0.4, -0.2) is 23.0 Å². The molecule has 1 saturated heterocycles. The third-order valence-corrected chi connectivity index (χ3v) is 4.82. The van der Waals surface area contributed by atoms with Gasteiger partial charge in [0.1, 0.15) is 0 Å². The molecule has 4 nitrogen and oxygen atoms in total. The molecule has 1 aliphatic heterocycles. The van der Waals surface area contributed by atoms with Crippen molar-refractivity contribution < 1.29 is 4.79 Å². The summed E-state index contributed by atoms with van der Waals surface area (Å²) in [6.45, 7) is 3.04. The Kier molecular flexibility index (Phi) is 3.72. The number of aromatic nitrogens is 1. The van der Waals surface area contributed by atoms with Gasteiger partial charge in [0.15, 0.2) is 5.13 Å². The molecule has 2 aromatic rings. The smallest absolute Gasteiger partial charge is 0.246 e. The molecule has 2 N–H and O–H groups in total. The van der Waals surface area contributed by atoms with Crippen LogP contribution in [0.1, 0.15) is 32.6 Å². The minimum Gasteiger partial charge on any atom is -0.303 e. The van der Waals surface area contributed by atoms with Crippen LogP contribution in [0.25, 0.3) is 10.2 Å². The summed E-state index contributed by atoms with van der Waals surface area (Å²) in [4.78, 5) is 17.1. The van der Waals surface area contributed by atoms with E-state index in [1.807, 2.05) is 24.3 Å². The van der Waals surface area contributed by atoms with Gasteiger partial charge in [0.2, 0.25) is 5.91 Å². The Hall–Kier alpha value is -1.46. The summed E-state index contributed by atoms with van der Waals surface area (Å²) in [6.07, 6.45) is 3.86. The summed E-state index contributed by atoms with van der Waals surface area (Å²) in [6, 6.07) is 7.95. The predicted octanol–water partition coefficient (Wildman–Crippen LogP) is 3.16. The highest BCUT2D eigenvalue weighted by Gasteiger charge is 2.40. The van der Waals surface area contributed by atoms with Crippen LogP contribution in [0, 0.1) is 0 Å². The van der Waals surface area contributed by atoms with Gasteiger partial charge in [0.05, 0.1) is 15.8 Å². The number of nitrogens with one attached hydrogen (secondary N) is 2. The monoisotopic (exact) mass is 289 g/mol. The Labute approximate surface area is 122 Å². The van der Waals surface area contributed by atoms with Gasteiger partial charge in [0.25, 0.3) is 0 Å². The zero-order valence-corrected chi connectivity index (χ0v) is 12.4. The lowest BCUT2D eigenvalue weighted by Crippen LogP contribution is -2.50. The van der Waals surface area contributed by atoms with Crippen molar-refractivity contribution in [1.29, 1.82) is 0 Å². The molecule has 3 rings (SSSR count). The fourth-order valence-electron chi connectivity index (χ4n) is 2.90. The second-order valence-corrected chi connectivity index (χ2v) is 6.33. The molecule has 1 unspecified atom stereocenters. The van der Waals surface area contributed by atoms with Gasteiger partial charge in [-0.3, -0.25) is 4.79 Å². The van der Waals surface area contributed by atoms with E-state index in [0.29, 0.717) is 5.13 Å². The van der Waals surface area contributed by atoms with Gasteiger partial charge in [-0.1, -0.05) is 36.8 Å². The van der Waals surface area contributed by atoms with E-state index in [-0.39, 0.29) is 5.91 Å². The maximum atomic E-state index is 12.6. The first-order valence-electron chi connectivity index (χ1n) is 7.15. The van der Waals surface area contributed by atoms with E-state index < -0.39 is 5.54 Å². The van der Waals surface area contributed by atoms with Crippen LogP contribution in [0.15, 0.2) is 24.3 Å². The highest BCUT2D eigenvalue weighted by molar-refractivity contribution is 7.22. The number of thiazole rings is 1. The second kappa shape index (κ2) is 5.50. The third kappa shape index (κ3) is 2.43. The molecular formula is C15H19N3OS. The predicted molar refractivity (Wildman–Crippen MR) is 83.1 cm³/mol. The van der Waals surface area contributed by atoms with Gasteiger partial charge in [-0.25, -0.2) is 4.98 Å². The number of carbonyl (C=O) groups excluding carboxylic acids is 1. The topological polar surface area (TPSA) is 54.0 Å². The Balaban J connectivity index is 1.80. The first-order valence-corrected chi connectivity index (χ1v) is 7.97. The molecule has 1 fully saturated rings. The van der Waals surface area contributed by atoms with Crippen LogP contribution in [0.3, 0.4) is 0 Å². The summed E-state index contributed by atoms with van der Waals surface area (Å²) in [5.41, 5.74) is 0.545. The molecule has 1 aliphatic rings. The molecule has 1 aromatic heterocycles. The molecule has 0 saturated carbocycles. The minimum atomic E-state index is -0.396. The summed E-state index contributed by atoms with van der Waals surface area (Å²) >= 11 is 1.53. The number of para-hydroxylation sites is 1. The number of hydrogen-bond donors (Lipinski definition) is 2. The lowest BCUT2D eigenvalue weighted by molar-refractivity contribution is -0.122. The number of amides is 1. The fraction of sp³-hybridized carbons (Fsp3) is 0.467. The van der Waals surface area contributed by atoms with Gasteiger partial charge in [0, 0.05) is 0 Å².